The van der Waals surface area contributed by atoms with E-state index < -0.39 is 0 Å². The van der Waals surface area contributed by atoms with Crippen LogP contribution in [0.2, 0.25) is 0 Å². The zero-order valence-electron chi connectivity index (χ0n) is 11.1. The standard InChI is InChI=1S/C16H15FN2O/c17-10-1-4-15-14(7-10)16(5-6-18-15)19-11-2-3-12(19)9-13(20)8-11/h1,4-7,11-12H,2-3,8-9H2. The predicted molar refractivity (Wildman–Crippen MR) is 75.2 cm³/mol. The summed E-state index contributed by atoms with van der Waals surface area (Å²) in [6.07, 6.45) is 5.11. The molecule has 2 aliphatic rings. The Labute approximate surface area is 116 Å². The Morgan fingerprint density at radius 2 is 1.90 bits per heavy atom. The highest BCUT2D eigenvalue weighted by Crippen LogP contribution is 2.40. The molecule has 2 aliphatic heterocycles. The molecule has 4 heteroatoms. The zero-order valence-corrected chi connectivity index (χ0v) is 11.1. The van der Waals surface area contributed by atoms with E-state index in [1.165, 1.54) is 6.07 Å². The van der Waals surface area contributed by atoms with Gasteiger partial charge in [0.25, 0.3) is 0 Å². The first-order chi connectivity index (χ1) is 9.72. The molecule has 4 rings (SSSR count). The van der Waals surface area contributed by atoms with Gasteiger partial charge in [0, 0.05) is 42.2 Å². The average molecular weight is 270 g/mol. The summed E-state index contributed by atoms with van der Waals surface area (Å²) in [5.74, 6) is 0.116. The van der Waals surface area contributed by atoms with Gasteiger partial charge >= 0.3 is 0 Å². The summed E-state index contributed by atoms with van der Waals surface area (Å²) < 4.78 is 13.6. The number of hydrogen-bond acceptors (Lipinski definition) is 3. The lowest BCUT2D eigenvalue weighted by Crippen LogP contribution is -2.43. The normalized spacial score (nSPS) is 25.4. The van der Waals surface area contributed by atoms with Gasteiger partial charge in [-0.3, -0.25) is 9.78 Å². The van der Waals surface area contributed by atoms with E-state index in [1.54, 1.807) is 18.3 Å². The lowest BCUT2D eigenvalue weighted by atomic mass is 9.99. The van der Waals surface area contributed by atoms with Gasteiger partial charge in [0.15, 0.2) is 0 Å². The molecule has 2 saturated heterocycles. The van der Waals surface area contributed by atoms with Crippen LogP contribution in [0.25, 0.3) is 10.9 Å². The molecule has 3 heterocycles. The molecule has 0 saturated carbocycles. The molecule has 0 N–H and O–H groups in total. The number of aromatic nitrogens is 1. The fourth-order valence-electron chi connectivity index (χ4n) is 3.69. The minimum atomic E-state index is -0.243. The minimum absolute atomic E-state index is 0.243. The maximum Gasteiger partial charge on any atom is 0.137 e. The molecule has 1 aromatic heterocycles. The van der Waals surface area contributed by atoms with E-state index in [0.29, 0.717) is 18.6 Å². The summed E-state index contributed by atoms with van der Waals surface area (Å²) in [7, 11) is 0. The van der Waals surface area contributed by atoms with Crippen molar-refractivity contribution in [2.24, 2.45) is 0 Å². The van der Waals surface area contributed by atoms with Crippen LogP contribution in [0.1, 0.15) is 25.7 Å². The number of fused-ring (bicyclic) bond motifs is 3. The molecule has 0 radical (unpaired) electrons. The first-order valence-electron chi connectivity index (χ1n) is 7.07. The van der Waals surface area contributed by atoms with Gasteiger partial charge < -0.3 is 4.90 Å². The van der Waals surface area contributed by atoms with Gasteiger partial charge in [0.05, 0.1) is 5.52 Å². The van der Waals surface area contributed by atoms with Gasteiger partial charge in [-0.1, -0.05) is 0 Å². The Morgan fingerprint density at radius 1 is 1.15 bits per heavy atom. The molecular formula is C16H15FN2O. The molecule has 0 amide bonds. The van der Waals surface area contributed by atoms with E-state index in [2.05, 4.69) is 9.88 Å². The Morgan fingerprint density at radius 3 is 2.65 bits per heavy atom. The molecular weight excluding hydrogens is 255 g/mol. The van der Waals surface area contributed by atoms with Crippen molar-refractivity contribution in [1.29, 1.82) is 0 Å². The van der Waals surface area contributed by atoms with E-state index in [1.807, 2.05) is 6.07 Å². The third-order valence-electron chi connectivity index (χ3n) is 4.51. The second kappa shape index (κ2) is 4.27. The number of rotatable bonds is 1. The predicted octanol–water partition coefficient (Wildman–Crippen LogP) is 3.07. The van der Waals surface area contributed by atoms with Crippen LogP contribution in [-0.4, -0.2) is 22.9 Å². The third-order valence-corrected chi connectivity index (χ3v) is 4.51. The summed E-state index contributed by atoms with van der Waals surface area (Å²) in [5, 5.41) is 0.846. The number of nitrogens with zero attached hydrogens (tertiary/aromatic N) is 2. The Bertz CT molecular complexity index is 684. The third kappa shape index (κ3) is 1.71. The number of benzene rings is 1. The number of carbonyl (C=O) groups excluding carboxylic acids is 1. The van der Waals surface area contributed by atoms with E-state index in [-0.39, 0.29) is 17.9 Å². The highest BCUT2D eigenvalue weighted by Gasteiger charge is 2.40. The van der Waals surface area contributed by atoms with Crippen LogP contribution in [0.15, 0.2) is 30.5 Å². The molecule has 2 aromatic rings. The van der Waals surface area contributed by atoms with Crippen molar-refractivity contribution in [3.8, 4) is 0 Å². The van der Waals surface area contributed by atoms with Gasteiger partial charge in [-0.05, 0) is 37.1 Å². The van der Waals surface area contributed by atoms with Crippen molar-refractivity contribution >= 4 is 22.4 Å². The van der Waals surface area contributed by atoms with Crippen LogP contribution in [0.5, 0.6) is 0 Å². The molecule has 3 nitrogen and oxygen atoms in total. The van der Waals surface area contributed by atoms with Crippen LogP contribution in [-0.2, 0) is 4.79 Å². The molecule has 2 bridgehead atoms. The number of carbonyl (C=O) groups is 1. The molecule has 20 heavy (non-hydrogen) atoms. The fraction of sp³-hybridized carbons (Fsp3) is 0.375. The quantitative estimate of drug-likeness (QED) is 0.798. The second-order valence-corrected chi connectivity index (χ2v) is 5.73. The Balaban J connectivity index is 1.86. The van der Waals surface area contributed by atoms with E-state index in [0.717, 1.165) is 29.4 Å². The van der Waals surface area contributed by atoms with Gasteiger partial charge in [-0.2, -0.15) is 0 Å². The van der Waals surface area contributed by atoms with Crippen molar-refractivity contribution in [3.63, 3.8) is 0 Å². The molecule has 2 atom stereocenters. The minimum Gasteiger partial charge on any atom is -0.364 e. The summed E-state index contributed by atoms with van der Waals surface area (Å²) >= 11 is 0. The lowest BCUT2D eigenvalue weighted by Gasteiger charge is -2.36. The molecule has 0 aliphatic carbocycles. The van der Waals surface area contributed by atoms with Crippen molar-refractivity contribution in [2.45, 2.75) is 37.8 Å². The van der Waals surface area contributed by atoms with Crippen LogP contribution >= 0.6 is 0 Å². The number of anilines is 1. The number of pyridine rings is 1. The van der Waals surface area contributed by atoms with Crippen molar-refractivity contribution in [3.05, 3.63) is 36.3 Å². The smallest absolute Gasteiger partial charge is 0.137 e. The van der Waals surface area contributed by atoms with Crippen LogP contribution in [0.3, 0.4) is 0 Å². The van der Waals surface area contributed by atoms with Crippen molar-refractivity contribution in [1.82, 2.24) is 4.98 Å². The summed E-state index contributed by atoms with van der Waals surface area (Å²) in [5.41, 5.74) is 1.83. The van der Waals surface area contributed by atoms with E-state index in [9.17, 15) is 9.18 Å². The monoisotopic (exact) mass is 270 g/mol. The fourth-order valence-corrected chi connectivity index (χ4v) is 3.69. The topological polar surface area (TPSA) is 33.2 Å². The van der Waals surface area contributed by atoms with Crippen LogP contribution in [0, 0.1) is 5.82 Å². The maximum atomic E-state index is 13.6. The highest BCUT2D eigenvalue weighted by atomic mass is 19.1. The lowest BCUT2D eigenvalue weighted by molar-refractivity contribution is -0.120. The largest absolute Gasteiger partial charge is 0.364 e. The van der Waals surface area contributed by atoms with E-state index >= 15 is 0 Å². The number of halogens is 1. The van der Waals surface area contributed by atoms with Gasteiger partial charge in [0.1, 0.15) is 11.6 Å². The second-order valence-electron chi connectivity index (χ2n) is 5.73. The van der Waals surface area contributed by atoms with Gasteiger partial charge in [0.2, 0.25) is 0 Å². The maximum absolute atomic E-state index is 13.6. The number of Topliss-reactive ketones (excluding diaryl/α,β-unsaturated/α-hetero) is 1. The Hall–Kier alpha value is -1.97. The molecule has 102 valence electrons. The van der Waals surface area contributed by atoms with Gasteiger partial charge in [-0.25, -0.2) is 4.39 Å². The van der Waals surface area contributed by atoms with Gasteiger partial charge in [-0.15, -0.1) is 0 Å². The number of ketones is 1. The summed E-state index contributed by atoms with van der Waals surface area (Å²) in [6.45, 7) is 0. The number of hydrogen-bond donors (Lipinski definition) is 0. The first kappa shape index (κ1) is 11.8. The molecule has 0 spiro atoms. The van der Waals surface area contributed by atoms with Crippen molar-refractivity contribution in [2.75, 3.05) is 4.90 Å². The molecule has 1 aromatic carbocycles. The SMILES string of the molecule is O=C1CC2CCC(C1)N2c1ccnc2ccc(F)cc12. The molecule has 2 fully saturated rings. The summed E-state index contributed by atoms with van der Waals surface area (Å²) in [6, 6.07) is 7.19. The van der Waals surface area contributed by atoms with E-state index in [4.69, 9.17) is 0 Å². The van der Waals surface area contributed by atoms with Crippen LogP contribution in [0.4, 0.5) is 10.1 Å². The average Bonchev–Trinajstić information content (AvgIpc) is 2.70. The Kier molecular flexibility index (Phi) is 2.52. The number of piperidine rings is 1. The highest BCUT2D eigenvalue weighted by molar-refractivity contribution is 5.93. The summed E-state index contributed by atoms with van der Waals surface area (Å²) in [4.78, 5) is 18.3. The zero-order chi connectivity index (χ0) is 13.7. The first-order valence-corrected chi connectivity index (χ1v) is 7.07. The van der Waals surface area contributed by atoms with Crippen molar-refractivity contribution < 1.29 is 9.18 Å². The molecule has 2 unspecified atom stereocenters. The van der Waals surface area contributed by atoms with Crippen LogP contribution < -0.4 is 4.90 Å².